The molecular weight excluding hydrogens is 254 g/mol. The minimum absolute atomic E-state index is 0.471. The third-order valence-corrected chi connectivity index (χ3v) is 3.89. The summed E-state index contributed by atoms with van der Waals surface area (Å²) >= 11 is 7.36. The molecule has 0 unspecified atom stereocenters. The molecule has 0 aliphatic carbocycles. The minimum atomic E-state index is 0.471. The molecule has 0 amide bonds. The van der Waals surface area contributed by atoms with Gasteiger partial charge in [0.25, 0.3) is 0 Å². The minimum Gasteiger partial charge on any atom is -0.496 e. The molecule has 0 bridgehead atoms. The molecule has 1 aromatic heterocycles. The SMILES string of the molecule is COc1c(C)cc(-c2csc(CCl)n2)cc1C. The second-order valence-electron chi connectivity index (χ2n) is 3.90. The predicted molar refractivity (Wildman–Crippen MR) is 73.1 cm³/mol. The van der Waals surface area contributed by atoms with Crippen molar-refractivity contribution in [1.82, 2.24) is 4.98 Å². The molecule has 0 saturated heterocycles. The summed E-state index contributed by atoms with van der Waals surface area (Å²) in [5.74, 6) is 1.42. The summed E-state index contributed by atoms with van der Waals surface area (Å²) in [4.78, 5) is 4.48. The van der Waals surface area contributed by atoms with Gasteiger partial charge in [-0.05, 0) is 37.1 Å². The van der Waals surface area contributed by atoms with Crippen molar-refractivity contribution in [2.24, 2.45) is 0 Å². The topological polar surface area (TPSA) is 22.1 Å². The Morgan fingerprint density at radius 2 is 1.94 bits per heavy atom. The maximum Gasteiger partial charge on any atom is 0.124 e. The maximum absolute atomic E-state index is 5.77. The fourth-order valence-electron chi connectivity index (χ4n) is 1.92. The molecule has 0 aliphatic heterocycles. The molecule has 0 N–H and O–H groups in total. The molecular formula is C13H14ClNOS. The van der Waals surface area contributed by atoms with Crippen LogP contribution in [0, 0.1) is 13.8 Å². The highest BCUT2D eigenvalue weighted by Crippen LogP contribution is 2.30. The Balaban J connectivity index is 2.46. The Morgan fingerprint density at radius 3 is 2.41 bits per heavy atom. The molecule has 0 spiro atoms. The first kappa shape index (κ1) is 12.4. The van der Waals surface area contributed by atoms with Crippen molar-refractivity contribution in [2.45, 2.75) is 19.7 Å². The second-order valence-corrected chi connectivity index (χ2v) is 5.11. The lowest BCUT2D eigenvalue weighted by Crippen LogP contribution is -1.92. The highest BCUT2D eigenvalue weighted by atomic mass is 35.5. The van der Waals surface area contributed by atoms with Crippen molar-refractivity contribution in [3.05, 3.63) is 33.6 Å². The molecule has 1 aromatic carbocycles. The summed E-state index contributed by atoms with van der Waals surface area (Å²) in [6.07, 6.45) is 0. The van der Waals surface area contributed by atoms with Gasteiger partial charge in [0.15, 0.2) is 0 Å². The summed E-state index contributed by atoms with van der Waals surface area (Å²) < 4.78 is 5.35. The van der Waals surface area contributed by atoms with Crippen LogP contribution in [0.4, 0.5) is 0 Å². The molecule has 90 valence electrons. The van der Waals surface area contributed by atoms with E-state index in [-0.39, 0.29) is 0 Å². The van der Waals surface area contributed by atoms with Gasteiger partial charge in [0.05, 0.1) is 18.7 Å². The first-order valence-corrected chi connectivity index (χ1v) is 6.73. The summed E-state index contributed by atoms with van der Waals surface area (Å²) in [5, 5.41) is 2.99. The van der Waals surface area contributed by atoms with Crippen molar-refractivity contribution >= 4 is 22.9 Å². The van der Waals surface area contributed by atoms with Crippen molar-refractivity contribution in [3.8, 4) is 17.0 Å². The lowest BCUT2D eigenvalue weighted by molar-refractivity contribution is 0.408. The van der Waals surface area contributed by atoms with E-state index in [0.717, 1.165) is 33.1 Å². The van der Waals surface area contributed by atoms with Crippen LogP contribution in [-0.2, 0) is 5.88 Å². The Kier molecular flexibility index (Phi) is 3.69. The van der Waals surface area contributed by atoms with Crippen LogP contribution in [-0.4, -0.2) is 12.1 Å². The van der Waals surface area contributed by atoms with Crippen molar-refractivity contribution in [3.63, 3.8) is 0 Å². The van der Waals surface area contributed by atoms with Crippen LogP contribution >= 0.6 is 22.9 Å². The van der Waals surface area contributed by atoms with E-state index < -0.39 is 0 Å². The van der Waals surface area contributed by atoms with Gasteiger partial charge in [-0.1, -0.05) is 0 Å². The monoisotopic (exact) mass is 267 g/mol. The fraction of sp³-hybridized carbons (Fsp3) is 0.308. The maximum atomic E-state index is 5.77. The third kappa shape index (κ3) is 2.45. The zero-order valence-corrected chi connectivity index (χ0v) is 11.7. The number of rotatable bonds is 3. The largest absolute Gasteiger partial charge is 0.496 e. The molecule has 2 nitrogen and oxygen atoms in total. The first-order valence-electron chi connectivity index (χ1n) is 5.31. The standard InChI is InChI=1S/C13H14ClNOS/c1-8-4-10(5-9(2)13(8)16-3)11-7-17-12(6-14)15-11/h4-5,7H,6H2,1-3H3. The number of benzene rings is 1. The zero-order valence-electron chi connectivity index (χ0n) is 10.1. The molecule has 2 rings (SSSR count). The summed E-state index contributed by atoms with van der Waals surface area (Å²) in [6.45, 7) is 4.09. The fourth-order valence-corrected chi connectivity index (χ4v) is 2.82. The molecule has 0 atom stereocenters. The van der Waals surface area contributed by atoms with Gasteiger partial charge < -0.3 is 4.74 Å². The average Bonchev–Trinajstić information content (AvgIpc) is 2.77. The zero-order chi connectivity index (χ0) is 12.4. The average molecular weight is 268 g/mol. The highest BCUT2D eigenvalue weighted by molar-refractivity contribution is 7.10. The highest BCUT2D eigenvalue weighted by Gasteiger charge is 2.09. The van der Waals surface area contributed by atoms with E-state index in [2.05, 4.69) is 17.1 Å². The third-order valence-electron chi connectivity index (χ3n) is 2.63. The van der Waals surface area contributed by atoms with E-state index in [1.165, 1.54) is 0 Å². The van der Waals surface area contributed by atoms with Gasteiger partial charge in [-0.3, -0.25) is 0 Å². The van der Waals surface area contributed by atoms with Crippen LogP contribution in [0.25, 0.3) is 11.3 Å². The van der Waals surface area contributed by atoms with Gasteiger partial charge in [-0.25, -0.2) is 4.98 Å². The van der Waals surface area contributed by atoms with Crippen molar-refractivity contribution in [1.29, 1.82) is 0 Å². The van der Waals surface area contributed by atoms with E-state index in [4.69, 9.17) is 16.3 Å². The molecule has 1 heterocycles. The smallest absolute Gasteiger partial charge is 0.124 e. The van der Waals surface area contributed by atoms with E-state index in [1.54, 1.807) is 18.4 Å². The molecule has 2 aromatic rings. The van der Waals surface area contributed by atoms with Crippen LogP contribution in [0.3, 0.4) is 0 Å². The van der Waals surface area contributed by atoms with E-state index in [0.29, 0.717) is 5.88 Å². The summed E-state index contributed by atoms with van der Waals surface area (Å²) in [6, 6.07) is 4.19. The predicted octanol–water partition coefficient (Wildman–Crippen LogP) is 4.17. The second kappa shape index (κ2) is 5.07. The van der Waals surface area contributed by atoms with Gasteiger partial charge >= 0.3 is 0 Å². The van der Waals surface area contributed by atoms with E-state index >= 15 is 0 Å². The van der Waals surface area contributed by atoms with Gasteiger partial charge in [0.2, 0.25) is 0 Å². The number of aryl methyl sites for hydroxylation is 2. The lowest BCUT2D eigenvalue weighted by atomic mass is 10.0. The molecule has 17 heavy (non-hydrogen) atoms. The van der Waals surface area contributed by atoms with Crippen LogP contribution < -0.4 is 4.74 Å². The molecule has 0 aliphatic rings. The first-order chi connectivity index (χ1) is 8.15. The molecule has 0 radical (unpaired) electrons. The molecule has 0 saturated carbocycles. The van der Waals surface area contributed by atoms with Crippen LogP contribution in [0.1, 0.15) is 16.1 Å². The Hall–Kier alpha value is -1.06. The van der Waals surface area contributed by atoms with Gasteiger partial charge in [0.1, 0.15) is 10.8 Å². The van der Waals surface area contributed by atoms with E-state index in [9.17, 15) is 0 Å². The van der Waals surface area contributed by atoms with Crippen LogP contribution in [0.2, 0.25) is 0 Å². The summed E-state index contributed by atoms with van der Waals surface area (Å²) in [7, 11) is 1.70. The number of hydrogen-bond acceptors (Lipinski definition) is 3. The van der Waals surface area contributed by atoms with Gasteiger partial charge in [-0.2, -0.15) is 0 Å². The number of thiazole rings is 1. The normalized spacial score (nSPS) is 10.6. The van der Waals surface area contributed by atoms with Gasteiger partial charge in [-0.15, -0.1) is 22.9 Å². The van der Waals surface area contributed by atoms with Crippen LogP contribution in [0.5, 0.6) is 5.75 Å². The number of aromatic nitrogens is 1. The molecule has 0 fully saturated rings. The number of halogens is 1. The van der Waals surface area contributed by atoms with Crippen LogP contribution in [0.15, 0.2) is 17.5 Å². The summed E-state index contributed by atoms with van der Waals surface area (Å²) in [5.41, 5.74) is 4.36. The number of hydrogen-bond donors (Lipinski definition) is 0. The Morgan fingerprint density at radius 1 is 1.29 bits per heavy atom. The number of ether oxygens (including phenoxy) is 1. The number of methoxy groups -OCH3 is 1. The molecule has 4 heteroatoms. The number of alkyl halides is 1. The Labute approximate surface area is 110 Å². The van der Waals surface area contributed by atoms with Gasteiger partial charge in [0, 0.05) is 10.9 Å². The Bertz CT molecular complexity index is 513. The van der Waals surface area contributed by atoms with Crippen molar-refractivity contribution in [2.75, 3.05) is 7.11 Å². The number of nitrogens with zero attached hydrogens (tertiary/aromatic N) is 1. The van der Waals surface area contributed by atoms with E-state index in [1.807, 2.05) is 19.2 Å². The quantitative estimate of drug-likeness (QED) is 0.779. The van der Waals surface area contributed by atoms with Crippen molar-refractivity contribution < 1.29 is 4.74 Å². The lowest BCUT2D eigenvalue weighted by Gasteiger charge is -2.10.